The largest absolute Gasteiger partial charge is 0.497 e. The van der Waals surface area contributed by atoms with Crippen molar-refractivity contribution in [3.05, 3.63) is 29.8 Å². The highest BCUT2D eigenvalue weighted by Crippen LogP contribution is 2.12. The zero-order chi connectivity index (χ0) is 10.6. The van der Waals surface area contributed by atoms with Gasteiger partial charge in [-0.3, -0.25) is 4.79 Å². The van der Waals surface area contributed by atoms with E-state index in [1.54, 1.807) is 31.4 Å². The Kier molecular flexibility index (Phi) is 3.23. The third kappa shape index (κ3) is 2.10. The van der Waals surface area contributed by atoms with E-state index in [9.17, 15) is 4.79 Å². The molecule has 0 fully saturated rings. The Morgan fingerprint density at radius 2 is 1.93 bits per heavy atom. The SMILES string of the molecule is COc1ccc(/C(=N/O)C(C)=O)cc1. The fraction of sp³-hybridized carbons (Fsp3) is 0.200. The van der Waals surface area contributed by atoms with Gasteiger partial charge in [-0.05, 0) is 24.3 Å². The summed E-state index contributed by atoms with van der Waals surface area (Å²) >= 11 is 0. The Bertz CT molecular complexity index is 354. The molecule has 0 aliphatic heterocycles. The molecule has 0 amide bonds. The van der Waals surface area contributed by atoms with Crippen LogP contribution in [0.2, 0.25) is 0 Å². The monoisotopic (exact) mass is 193 g/mol. The van der Waals surface area contributed by atoms with Crippen molar-refractivity contribution in [2.24, 2.45) is 5.16 Å². The molecule has 14 heavy (non-hydrogen) atoms. The van der Waals surface area contributed by atoms with E-state index in [0.29, 0.717) is 11.3 Å². The van der Waals surface area contributed by atoms with E-state index in [1.165, 1.54) is 6.92 Å². The van der Waals surface area contributed by atoms with E-state index in [1.807, 2.05) is 0 Å². The first-order valence-electron chi connectivity index (χ1n) is 4.06. The summed E-state index contributed by atoms with van der Waals surface area (Å²) in [6.07, 6.45) is 0. The van der Waals surface area contributed by atoms with Gasteiger partial charge in [-0.25, -0.2) is 0 Å². The number of methoxy groups -OCH3 is 1. The molecular weight excluding hydrogens is 182 g/mol. The molecule has 1 rings (SSSR count). The maximum absolute atomic E-state index is 11.0. The second-order valence-electron chi connectivity index (χ2n) is 2.73. The van der Waals surface area contributed by atoms with Crippen LogP contribution in [-0.2, 0) is 4.79 Å². The minimum absolute atomic E-state index is 0.0488. The van der Waals surface area contributed by atoms with Crippen LogP contribution in [0.15, 0.2) is 29.4 Å². The molecule has 74 valence electrons. The number of Topliss-reactive ketones (excluding diaryl/α,β-unsaturated/α-hetero) is 1. The standard InChI is InChI=1S/C10H11NO3/c1-7(12)10(11-13)8-3-5-9(14-2)6-4-8/h3-6,13H,1-2H3/b11-10+. The molecule has 1 aromatic rings. The van der Waals surface area contributed by atoms with Crippen LogP contribution in [0.5, 0.6) is 5.75 Å². The molecule has 0 spiro atoms. The molecule has 0 saturated carbocycles. The molecule has 0 aromatic heterocycles. The van der Waals surface area contributed by atoms with E-state index in [0.717, 1.165) is 0 Å². The normalized spacial score (nSPS) is 11.1. The highest BCUT2D eigenvalue weighted by Gasteiger charge is 2.09. The second kappa shape index (κ2) is 4.41. The van der Waals surface area contributed by atoms with Crippen molar-refractivity contribution >= 4 is 11.5 Å². The number of carbonyl (C=O) groups excluding carboxylic acids is 1. The molecule has 0 atom stereocenters. The average molecular weight is 193 g/mol. The summed E-state index contributed by atoms with van der Waals surface area (Å²) in [5.41, 5.74) is 0.619. The lowest BCUT2D eigenvalue weighted by Gasteiger charge is -2.02. The predicted octanol–water partition coefficient (Wildman–Crippen LogP) is 1.46. The molecule has 0 aliphatic carbocycles. The van der Waals surface area contributed by atoms with Crippen LogP contribution in [0.25, 0.3) is 0 Å². The number of ether oxygens (including phenoxy) is 1. The van der Waals surface area contributed by atoms with Gasteiger partial charge in [0.1, 0.15) is 5.75 Å². The quantitative estimate of drug-likeness (QED) is 0.449. The van der Waals surface area contributed by atoms with Gasteiger partial charge in [0.2, 0.25) is 0 Å². The Balaban J connectivity index is 3.02. The Labute approximate surface area is 81.8 Å². The first kappa shape index (κ1) is 10.2. The van der Waals surface area contributed by atoms with Crippen molar-refractivity contribution in [2.75, 3.05) is 7.11 Å². The molecule has 0 unspecified atom stereocenters. The number of ketones is 1. The van der Waals surface area contributed by atoms with Crippen LogP contribution in [-0.4, -0.2) is 23.8 Å². The zero-order valence-electron chi connectivity index (χ0n) is 8.02. The Morgan fingerprint density at radius 3 is 2.29 bits per heavy atom. The molecule has 0 radical (unpaired) electrons. The molecule has 4 nitrogen and oxygen atoms in total. The van der Waals surface area contributed by atoms with Crippen molar-refractivity contribution in [1.29, 1.82) is 0 Å². The third-order valence-corrected chi connectivity index (χ3v) is 1.80. The average Bonchev–Trinajstić information content (AvgIpc) is 2.19. The highest BCUT2D eigenvalue weighted by molar-refractivity contribution is 6.45. The van der Waals surface area contributed by atoms with Gasteiger partial charge in [0.15, 0.2) is 11.5 Å². The van der Waals surface area contributed by atoms with Gasteiger partial charge in [-0.2, -0.15) is 0 Å². The number of hydrogen-bond acceptors (Lipinski definition) is 4. The van der Waals surface area contributed by atoms with E-state index < -0.39 is 0 Å². The lowest BCUT2D eigenvalue weighted by molar-refractivity contribution is -0.111. The van der Waals surface area contributed by atoms with Gasteiger partial charge in [-0.15, -0.1) is 0 Å². The van der Waals surface area contributed by atoms with Crippen molar-refractivity contribution in [3.8, 4) is 5.75 Å². The van der Waals surface area contributed by atoms with Gasteiger partial charge < -0.3 is 9.94 Å². The van der Waals surface area contributed by atoms with E-state index in [4.69, 9.17) is 9.94 Å². The van der Waals surface area contributed by atoms with E-state index in [-0.39, 0.29) is 11.5 Å². The summed E-state index contributed by atoms with van der Waals surface area (Å²) in [7, 11) is 1.56. The zero-order valence-corrected chi connectivity index (χ0v) is 8.02. The maximum Gasteiger partial charge on any atom is 0.182 e. The van der Waals surface area contributed by atoms with Crippen LogP contribution in [0.4, 0.5) is 0 Å². The molecule has 0 heterocycles. The first-order chi connectivity index (χ1) is 6.69. The van der Waals surface area contributed by atoms with Gasteiger partial charge in [0.25, 0.3) is 0 Å². The van der Waals surface area contributed by atoms with Crippen molar-refractivity contribution in [1.82, 2.24) is 0 Å². The Morgan fingerprint density at radius 1 is 1.36 bits per heavy atom. The number of rotatable bonds is 3. The number of oxime groups is 1. The summed E-state index contributed by atoms with van der Waals surface area (Å²) < 4.78 is 4.96. The van der Waals surface area contributed by atoms with Crippen LogP contribution >= 0.6 is 0 Å². The second-order valence-corrected chi connectivity index (χ2v) is 2.73. The van der Waals surface area contributed by atoms with Gasteiger partial charge in [-0.1, -0.05) is 5.16 Å². The number of hydrogen-bond donors (Lipinski definition) is 1. The number of nitrogens with zero attached hydrogens (tertiary/aromatic N) is 1. The maximum atomic E-state index is 11.0. The minimum Gasteiger partial charge on any atom is -0.497 e. The van der Waals surface area contributed by atoms with E-state index in [2.05, 4.69) is 5.16 Å². The lowest BCUT2D eigenvalue weighted by Crippen LogP contribution is -2.11. The summed E-state index contributed by atoms with van der Waals surface area (Å²) in [6.45, 7) is 1.35. The first-order valence-corrected chi connectivity index (χ1v) is 4.06. The molecular formula is C10H11NO3. The highest BCUT2D eigenvalue weighted by atomic mass is 16.5. The van der Waals surface area contributed by atoms with Crippen LogP contribution in [0.1, 0.15) is 12.5 Å². The molecule has 1 N–H and O–H groups in total. The van der Waals surface area contributed by atoms with Crippen LogP contribution < -0.4 is 4.74 Å². The summed E-state index contributed by atoms with van der Waals surface area (Å²) in [6, 6.07) is 6.72. The summed E-state index contributed by atoms with van der Waals surface area (Å²) in [4.78, 5) is 11.0. The van der Waals surface area contributed by atoms with Crippen molar-refractivity contribution in [2.45, 2.75) is 6.92 Å². The number of benzene rings is 1. The fourth-order valence-electron chi connectivity index (χ4n) is 1.08. The van der Waals surface area contributed by atoms with Crippen LogP contribution in [0, 0.1) is 0 Å². The van der Waals surface area contributed by atoms with E-state index >= 15 is 0 Å². The predicted molar refractivity (Wildman–Crippen MR) is 52.0 cm³/mol. The fourth-order valence-corrected chi connectivity index (χ4v) is 1.08. The minimum atomic E-state index is -0.280. The smallest absolute Gasteiger partial charge is 0.182 e. The summed E-state index contributed by atoms with van der Waals surface area (Å²) in [5.74, 6) is 0.409. The topological polar surface area (TPSA) is 58.9 Å². The third-order valence-electron chi connectivity index (χ3n) is 1.80. The molecule has 1 aromatic carbocycles. The lowest BCUT2D eigenvalue weighted by atomic mass is 10.1. The molecule has 0 aliphatic rings. The molecule has 4 heteroatoms. The van der Waals surface area contributed by atoms with Crippen LogP contribution in [0.3, 0.4) is 0 Å². The van der Waals surface area contributed by atoms with Gasteiger partial charge in [0, 0.05) is 12.5 Å². The van der Waals surface area contributed by atoms with Crippen molar-refractivity contribution in [3.63, 3.8) is 0 Å². The van der Waals surface area contributed by atoms with Gasteiger partial charge >= 0.3 is 0 Å². The molecule has 0 saturated heterocycles. The Hall–Kier alpha value is -1.84. The molecule has 0 bridgehead atoms. The number of carbonyl (C=O) groups is 1. The van der Waals surface area contributed by atoms with Gasteiger partial charge in [0.05, 0.1) is 7.11 Å². The summed E-state index contributed by atoms with van der Waals surface area (Å²) in [5, 5.41) is 11.6. The van der Waals surface area contributed by atoms with Crippen molar-refractivity contribution < 1.29 is 14.7 Å².